The summed E-state index contributed by atoms with van der Waals surface area (Å²) in [7, 11) is 1.83. The molecule has 3 heteroatoms. The Hall–Kier alpha value is -2.03. The van der Waals surface area contributed by atoms with Crippen molar-refractivity contribution < 1.29 is 4.39 Å². The lowest BCUT2D eigenvalue weighted by Gasteiger charge is -2.20. The van der Waals surface area contributed by atoms with Gasteiger partial charge in [-0.05, 0) is 37.3 Å². The number of halogens is 1. The van der Waals surface area contributed by atoms with Crippen LogP contribution in [0.25, 0.3) is 0 Å². The van der Waals surface area contributed by atoms with Crippen molar-refractivity contribution in [3.8, 4) is 0 Å². The standard InChI is InChI=1S/C14H15FN2/c1-10-3-6-12(7-4-10)17(2)14-8-5-11(16)9-13(14)15/h3-9H,16H2,1-2H3. The molecule has 2 rings (SSSR count). The highest BCUT2D eigenvalue weighted by Crippen LogP contribution is 2.27. The van der Waals surface area contributed by atoms with Gasteiger partial charge in [0, 0.05) is 18.4 Å². The summed E-state index contributed by atoms with van der Waals surface area (Å²) in [6, 6.07) is 12.6. The van der Waals surface area contributed by atoms with Gasteiger partial charge in [-0.2, -0.15) is 0 Å². The molecule has 0 heterocycles. The normalized spacial score (nSPS) is 10.3. The molecule has 0 fully saturated rings. The van der Waals surface area contributed by atoms with Gasteiger partial charge < -0.3 is 10.6 Å². The number of hydrogen-bond acceptors (Lipinski definition) is 2. The predicted octanol–water partition coefficient (Wildman–Crippen LogP) is 3.48. The van der Waals surface area contributed by atoms with Crippen LogP contribution in [0.2, 0.25) is 0 Å². The molecule has 0 aliphatic heterocycles. The summed E-state index contributed by atoms with van der Waals surface area (Å²) >= 11 is 0. The van der Waals surface area contributed by atoms with Crippen LogP contribution in [0.15, 0.2) is 42.5 Å². The lowest BCUT2D eigenvalue weighted by molar-refractivity contribution is 0.628. The zero-order valence-electron chi connectivity index (χ0n) is 9.94. The van der Waals surface area contributed by atoms with Crippen LogP contribution >= 0.6 is 0 Å². The molecule has 88 valence electrons. The van der Waals surface area contributed by atoms with Gasteiger partial charge >= 0.3 is 0 Å². The summed E-state index contributed by atoms with van der Waals surface area (Å²) in [4.78, 5) is 1.80. The van der Waals surface area contributed by atoms with Crippen LogP contribution in [0.3, 0.4) is 0 Å². The molecule has 0 saturated heterocycles. The van der Waals surface area contributed by atoms with Gasteiger partial charge in [-0.3, -0.25) is 0 Å². The van der Waals surface area contributed by atoms with E-state index < -0.39 is 0 Å². The first kappa shape index (κ1) is 11.5. The summed E-state index contributed by atoms with van der Waals surface area (Å²) in [5.41, 5.74) is 8.60. The third kappa shape index (κ3) is 2.38. The first-order valence-corrected chi connectivity index (χ1v) is 5.43. The van der Waals surface area contributed by atoms with Crippen LogP contribution in [0.1, 0.15) is 5.56 Å². The highest BCUT2D eigenvalue weighted by molar-refractivity contribution is 5.65. The fraction of sp³-hybridized carbons (Fsp3) is 0.143. The average Bonchev–Trinajstić information content (AvgIpc) is 2.29. The summed E-state index contributed by atoms with van der Waals surface area (Å²) in [6.45, 7) is 2.02. The van der Waals surface area contributed by atoms with E-state index in [4.69, 9.17) is 5.73 Å². The highest BCUT2D eigenvalue weighted by atomic mass is 19.1. The van der Waals surface area contributed by atoms with Crippen molar-refractivity contribution in [2.24, 2.45) is 0 Å². The minimum atomic E-state index is -0.312. The van der Waals surface area contributed by atoms with Crippen molar-refractivity contribution in [1.29, 1.82) is 0 Å². The number of rotatable bonds is 2. The summed E-state index contributed by atoms with van der Waals surface area (Å²) in [5, 5.41) is 0. The zero-order valence-corrected chi connectivity index (χ0v) is 9.94. The summed E-state index contributed by atoms with van der Waals surface area (Å²) < 4.78 is 13.7. The van der Waals surface area contributed by atoms with Crippen LogP contribution in [0, 0.1) is 12.7 Å². The summed E-state index contributed by atoms with van der Waals surface area (Å²) in [6.07, 6.45) is 0. The molecule has 0 bridgehead atoms. The Morgan fingerprint density at radius 3 is 2.29 bits per heavy atom. The van der Waals surface area contributed by atoms with E-state index in [1.165, 1.54) is 11.6 Å². The largest absolute Gasteiger partial charge is 0.399 e. The Labute approximate surface area is 100 Å². The summed E-state index contributed by atoms with van der Waals surface area (Å²) in [5.74, 6) is -0.312. The lowest BCUT2D eigenvalue weighted by Crippen LogP contribution is -2.11. The third-order valence-corrected chi connectivity index (χ3v) is 2.75. The fourth-order valence-corrected chi connectivity index (χ4v) is 1.70. The SMILES string of the molecule is Cc1ccc(N(C)c2ccc(N)cc2F)cc1. The number of nitrogens with zero attached hydrogens (tertiary/aromatic N) is 1. The van der Waals surface area contributed by atoms with Gasteiger partial charge in [-0.15, -0.1) is 0 Å². The van der Waals surface area contributed by atoms with Gasteiger partial charge in [0.1, 0.15) is 5.82 Å². The first-order chi connectivity index (χ1) is 8.08. The number of anilines is 3. The molecule has 0 saturated carbocycles. The monoisotopic (exact) mass is 230 g/mol. The van der Waals surface area contributed by atoms with E-state index in [9.17, 15) is 4.39 Å². The Morgan fingerprint density at radius 1 is 1.06 bits per heavy atom. The number of nitrogen functional groups attached to an aromatic ring is 1. The molecular weight excluding hydrogens is 215 g/mol. The number of benzene rings is 2. The maximum absolute atomic E-state index is 13.7. The van der Waals surface area contributed by atoms with Gasteiger partial charge in [0.2, 0.25) is 0 Å². The molecule has 2 N–H and O–H groups in total. The van der Waals surface area contributed by atoms with Crippen LogP contribution in [-0.2, 0) is 0 Å². The van der Waals surface area contributed by atoms with Crippen molar-refractivity contribution in [3.63, 3.8) is 0 Å². The molecule has 0 radical (unpaired) electrons. The second-order valence-electron chi connectivity index (χ2n) is 4.11. The van der Waals surface area contributed by atoms with Crippen LogP contribution in [0.5, 0.6) is 0 Å². The smallest absolute Gasteiger partial charge is 0.148 e. The van der Waals surface area contributed by atoms with E-state index in [0.717, 1.165) is 5.69 Å². The van der Waals surface area contributed by atoms with Gasteiger partial charge in [0.25, 0.3) is 0 Å². The molecule has 0 atom stereocenters. The van der Waals surface area contributed by atoms with E-state index in [2.05, 4.69) is 0 Å². The number of aryl methyl sites for hydroxylation is 1. The highest BCUT2D eigenvalue weighted by Gasteiger charge is 2.09. The second-order valence-corrected chi connectivity index (χ2v) is 4.11. The van der Waals surface area contributed by atoms with Crippen molar-refractivity contribution in [3.05, 3.63) is 53.8 Å². The Kier molecular flexibility index (Phi) is 3.00. The van der Waals surface area contributed by atoms with Crippen LogP contribution < -0.4 is 10.6 Å². The van der Waals surface area contributed by atoms with E-state index in [1.54, 1.807) is 17.0 Å². The molecule has 2 nitrogen and oxygen atoms in total. The minimum absolute atomic E-state index is 0.312. The fourth-order valence-electron chi connectivity index (χ4n) is 1.70. The Morgan fingerprint density at radius 2 is 1.71 bits per heavy atom. The minimum Gasteiger partial charge on any atom is -0.399 e. The molecule has 2 aromatic carbocycles. The van der Waals surface area contributed by atoms with Crippen LogP contribution in [-0.4, -0.2) is 7.05 Å². The molecule has 0 aliphatic carbocycles. The number of hydrogen-bond donors (Lipinski definition) is 1. The molecule has 0 aliphatic rings. The van der Waals surface area contributed by atoms with Crippen molar-refractivity contribution in [2.45, 2.75) is 6.92 Å². The van der Waals surface area contributed by atoms with E-state index in [1.807, 2.05) is 38.2 Å². The Bertz CT molecular complexity index is 520. The lowest BCUT2D eigenvalue weighted by atomic mass is 10.2. The maximum Gasteiger partial charge on any atom is 0.148 e. The third-order valence-electron chi connectivity index (χ3n) is 2.75. The van der Waals surface area contributed by atoms with Crippen molar-refractivity contribution in [1.82, 2.24) is 0 Å². The molecule has 17 heavy (non-hydrogen) atoms. The predicted molar refractivity (Wildman–Crippen MR) is 70.1 cm³/mol. The van der Waals surface area contributed by atoms with Crippen molar-refractivity contribution >= 4 is 17.1 Å². The van der Waals surface area contributed by atoms with E-state index >= 15 is 0 Å². The van der Waals surface area contributed by atoms with Gasteiger partial charge in [0.15, 0.2) is 0 Å². The molecule has 0 spiro atoms. The van der Waals surface area contributed by atoms with Crippen LogP contribution in [0.4, 0.5) is 21.5 Å². The van der Waals surface area contributed by atoms with Gasteiger partial charge in [-0.25, -0.2) is 4.39 Å². The molecule has 0 amide bonds. The Balaban J connectivity index is 2.36. The maximum atomic E-state index is 13.7. The van der Waals surface area contributed by atoms with E-state index in [0.29, 0.717) is 11.4 Å². The molecule has 2 aromatic rings. The molecule has 0 aromatic heterocycles. The van der Waals surface area contributed by atoms with Crippen molar-refractivity contribution in [2.75, 3.05) is 17.7 Å². The second kappa shape index (κ2) is 4.45. The molecule has 0 unspecified atom stereocenters. The number of nitrogens with two attached hydrogens (primary N) is 1. The topological polar surface area (TPSA) is 29.3 Å². The van der Waals surface area contributed by atoms with Gasteiger partial charge in [-0.1, -0.05) is 17.7 Å². The average molecular weight is 230 g/mol. The van der Waals surface area contributed by atoms with E-state index in [-0.39, 0.29) is 5.82 Å². The zero-order chi connectivity index (χ0) is 12.4. The first-order valence-electron chi connectivity index (χ1n) is 5.43. The molecular formula is C14H15FN2. The quantitative estimate of drug-likeness (QED) is 0.800. The van der Waals surface area contributed by atoms with Gasteiger partial charge in [0.05, 0.1) is 5.69 Å².